The van der Waals surface area contributed by atoms with Crippen molar-refractivity contribution >= 4 is 46.6 Å². The van der Waals surface area contributed by atoms with Gasteiger partial charge in [-0.2, -0.15) is 4.98 Å². The highest BCUT2D eigenvalue weighted by Gasteiger charge is 2.27. The second kappa shape index (κ2) is 10.1. The molecule has 168 valence electrons. The van der Waals surface area contributed by atoms with Crippen LogP contribution in [0.3, 0.4) is 0 Å². The first-order chi connectivity index (χ1) is 14.9. The molecule has 0 spiro atoms. The third-order valence-electron chi connectivity index (χ3n) is 5.97. The molecule has 2 aromatic rings. The van der Waals surface area contributed by atoms with Crippen LogP contribution < -0.4 is 10.2 Å². The standard InChI is InChI=1S/C22H28Cl3N5O/c1-14(18-4-3-15(23)11-19(18)24)27-21-20(25)12-26-22(28-21)30-9-6-16(7-10-30)31-17-5-8-29(2)13-17/h3-4,11-12,14,16-17H,5-10,13H2,1-2H3,(H,26,27,28)/t14-,17?/m1/s1. The van der Waals surface area contributed by atoms with Gasteiger partial charge in [0.25, 0.3) is 0 Å². The summed E-state index contributed by atoms with van der Waals surface area (Å²) >= 11 is 18.7. The molecule has 1 aromatic carbocycles. The lowest BCUT2D eigenvalue weighted by atomic mass is 10.1. The fourth-order valence-electron chi connectivity index (χ4n) is 4.22. The number of hydrogen-bond donors (Lipinski definition) is 1. The molecule has 1 unspecified atom stereocenters. The molecule has 0 radical (unpaired) electrons. The topological polar surface area (TPSA) is 53.5 Å². The van der Waals surface area contributed by atoms with Gasteiger partial charge in [-0.25, -0.2) is 4.98 Å². The van der Waals surface area contributed by atoms with Crippen molar-refractivity contribution in [3.05, 3.63) is 45.0 Å². The third-order valence-corrected chi connectivity index (χ3v) is 6.81. The number of likely N-dealkylation sites (tertiary alicyclic amines) is 1. The van der Waals surface area contributed by atoms with E-state index in [1.165, 1.54) is 0 Å². The van der Waals surface area contributed by atoms with Crippen molar-refractivity contribution in [1.29, 1.82) is 0 Å². The van der Waals surface area contributed by atoms with Gasteiger partial charge in [-0.1, -0.05) is 40.9 Å². The Labute approximate surface area is 198 Å². The van der Waals surface area contributed by atoms with Gasteiger partial charge in [-0.05, 0) is 50.9 Å². The second-order valence-electron chi connectivity index (χ2n) is 8.39. The molecule has 0 aliphatic carbocycles. The molecule has 2 fully saturated rings. The van der Waals surface area contributed by atoms with Gasteiger partial charge in [0, 0.05) is 36.2 Å². The van der Waals surface area contributed by atoms with E-state index in [-0.39, 0.29) is 6.04 Å². The van der Waals surface area contributed by atoms with E-state index in [0.29, 0.717) is 39.0 Å². The number of piperidine rings is 1. The number of ether oxygens (including phenoxy) is 1. The number of likely N-dealkylation sites (N-methyl/N-ethyl adjacent to an activating group) is 1. The van der Waals surface area contributed by atoms with Crippen LogP contribution in [0.1, 0.15) is 37.8 Å². The molecule has 2 aliphatic rings. The predicted octanol–water partition coefficient (Wildman–Crippen LogP) is 5.30. The minimum Gasteiger partial charge on any atom is -0.373 e. The number of nitrogens with zero attached hydrogens (tertiary/aromatic N) is 4. The number of hydrogen-bond acceptors (Lipinski definition) is 6. The molecule has 1 aromatic heterocycles. The Kier molecular flexibility index (Phi) is 7.44. The van der Waals surface area contributed by atoms with Gasteiger partial charge in [0.1, 0.15) is 5.02 Å². The number of anilines is 2. The summed E-state index contributed by atoms with van der Waals surface area (Å²) in [4.78, 5) is 13.7. The van der Waals surface area contributed by atoms with E-state index >= 15 is 0 Å². The lowest BCUT2D eigenvalue weighted by Crippen LogP contribution is -2.39. The van der Waals surface area contributed by atoms with Crippen molar-refractivity contribution in [2.24, 2.45) is 0 Å². The van der Waals surface area contributed by atoms with E-state index in [0.717, 1.165) is 51.0 Å². The summed E-state index contributed by atoms with van der Waals surface area (Å²) in [7, 11) is 2.15. The number of nitrogens with one attached hydrogen (secondary N) is 1. The van der Waals surface area contributed by atoms with Gasteiger partial charge < -0.3 is 19.9 Å². The van der Waals surface area contributed by atoms with Crippen molar-refractivity contribution in [2.45, 2.75) is 44.4 Å². The SMILES string of the molecule is C[C@@H](Nc1nc(N2CCC(OC3CCN(C)C3)CC2)ncc1Cl)c1ccc(Cl)cc1Cl. The first-order valence-corrected chi connectivity index (χ1v) is 11.9. The highest BCUT2D eigenvalue weighted by Crippen LogP contribution is 2.31. The highest BCUT2D eigenvalue weighted by atomic mass is 35.5. The van der Waals surface area contributed by atoms with Crippen LogP contribution in [0.4, 0.5) is 11.8 Å². The zero-order chi connectivity index (χ0) is 22.0. The first kappa shape index (κ1) is 22.9. The molecule has 4 rings (SSSR count). The lowest BCUT2D eigenvalue weighted by molar-refractivity contribution is -0.0169. The Morgan fingerprint density at radius 2 is 1.81 bits per heavy atom. The summed E-state index contributed by atoms with van der Waals surface area (Å²) in [5, 5.41) is 5.05. The zero-order valence-electron chi connectivity index (χ0n) is 17.8. The van der Waals surface area contributed by atoms with E-state index in [4.69, 9.17) is 44.5 Å². The predicted molar refractivity (Wildman–Crippen MR) is 128 cm³/mol. The molecule has 2 aliphatic heterocycles. The number of halogens is 3. The van der Waals surface area contributed by atoms with Gasteiger partial charge >= 0.3 is 0 Å². The molecule has 0 saturated carbocycles. The maximum absolute atomic E-state index is 6.38. The Balaban J connectivity index is 1.37. The summed E-state index contributed by atoms with van der Waals surface area (Å²) in [6.45, 7) is 5.90. The van der Waals surface area contributed by atoms with Crippen LogP contribution in [0.5, 0.6) is 0 Å². The number of rotatable bonds is 6. The molecule has 9 heteroatoms. The minimum atomic E-state index is -0.0892. The van der Waals surface area contributed by atoms with E-state index in [1.54, 1.807) is 12.3 Å². The van der Waals surface area contributed by atoms with Crippen molar-refractivity contribution in [2.75, 3.05) is 43.4 Å². The van der Waals surface area contributed by atoms with E-state index < -0.39 is 0 Å². The Morgan fingerprint density at radius 3 is 2.48 bits per heavy atom. The van der Waals surface area contributed by atoms with Crippen molar-refractivity contribution in [3.8, 4) is 0 Å². The van der Waals surface area contributed by atoms with Crippen LogP contribution in [0, 0.1) is 0 Å². The summed E-state index contributed by atoms with van der Waals surface area (Å²) in [6, 6.07) is 5.38. The van der Waals surface area contributed by atoms with E-state index in [2.05, 4.69) is 27.1 Å². The molecule has 0 bridgehead atoms. The van der Waals surface area contributed by atoms with Crippen LogP contribution in [0.25, 0.3) is 0 Å². The normalized spacial score (nSPS) is 21.5. The maximum atomic E-state index is 6.38. The average molecular weight is 485 g/mol. The molecule has 3 heterocycles. The smallest absolute Gasteiger partial charge is 0.227 e. The van der Waals surface area contributed by atoms with Gasteiger partial charge in [-0.15, -0.1) is 0 Å². The fraction of sp³-hybridized carbons (Fsp3) is 0.545. The van der Waals surface area contributed by atoms with E-state index in [9.17, 15) is 0 Å². The number of aromatic nitrogens is 2. The Morgan fingerprint density at radius 1 is 1.06 bits per heavy atom. The van der Waals surface area contributed by atoms with Crippen molar-refractivity contribution < 1.29 is 4.74 Å². The third kappa shape index (κ3) is 5.74. The van der Waals surface area contributed by atoms with E-state index in [1.807, 2.05) is 19.1 Å². The van der Waals surface area contributed by atoms with Crippen molar-refractivity contribution in [3.63, 3.8) is 0 Å². The quantitative estimate of drug-likeness (QED) is 0.600. The van der Waals surface area contributed by atoms with Crippen LogP contribution in [-0.2, 0) is 4.74 Å². The minimum absolute atomic E-state index is 0.0892. The van der Waals surface area contributed by atoms with Crippen molar-refractivity contribution in [1.82, 2.24) is 14.9 Å². The highest BCUT2D eigenvalue weighted by molar-refractivity contribution is 6.35. The fourth-order valence-corrected chi connectivity index (χ4v) is 4.93. The molecular weight excluding hydrogens is 457 g/mol. The van der Waals surface area contributed by atoms with Gasteiger partial charge in [-0.3, -0.25) is 0 Å². The maximum Gasteiger partial charge on any atom is 0.227 e. The molecule has 2 atom stereocenters. The summed E-state index contributed by atoms with van der Waals surface area (Å²) in [5.74, 6) is 1.28. The Hall–Kier alpha value is -1.31. The second-order valence-corrected chi connectivity index (χ2v) is 9.64. The molecule has 1 N–H and O–H groups in total. The van der Waals surface area contributed by atoms with Crippen LogP contribution in [0.2, 0.25) is 15.1 Å². The molecule has 2 saturated heterocycles. The van der Waals surface area contributed by atoms with Crippen LogP contribution >= 0.6 is 34.8 Å². The van der Waals surface area contributed by atoms with Gasteiger partial charge in [0.15, 0.2) is 5.82 Å². The summed E-state index contributed by atoms with van der Waals surface area (Å²) in [6.07, 6.45) is 5.41. The zero-order valence-corrected chi connectivity index (χ0v) is 20.1. The average Bonchev–Trinajstić information content (AvgIpc) is 3.14. The summed E-state index contributed by atoms with van der Waals surface area (Å²) < 4.78 is 6.31. The molecule has 6 nitrogen and oxygen atoms in total. The number of benzene rings is 1. The van der Waals surface area contributed by atoms with Crippen LogP contribution in [-0.4, -0.2) is 60.3 Å². The molecule has 0 amide bonds. The molecule has 31 heavy (non-hydrogen) atoms. The van der Waals surface area contributed by atoms with Crippen LogP contribution in [0.15, 0.2) is 24.4 Å². The monoisotopic (exact) mass is 483 g/mol. The molecular formula is C22H28Cl3N5O. The van der Waals surface area contributed by atoms with Gasteiger partial charge in [0.05, 0.1) is 24.4 Å². The largest absolute Gasteiger partial charge is 0.373 e. The summed E-state index contributed by atoms with van der Waals surface area (Å²) in [5.41, 5.74) is 0.929. The Bertz CT molecular complexity index is 907. The lowest BCUT2D eigenvalue weighted by Gasteiger charge is -2.33. The first-order valence-electron chi connectivity index (χ1n) is 10.7. The van der Waals surface area contributed by atoms with Gasteiger partial charge in [0.2, 0.25) is 5.95 Å².